The van der Waals surface area contributed by atoms with Crippen LogP contribution in [0.15, 0.2) is 5.16 Å². The molecule has 0 amide bonds. The van der Waals surface area contributed by atoms with E-state index in [0.717, 1.165) is 31.1 Å². The van der Waals surface area contributed by atoms with Crippen molar-refractivity contribution in [2.24, 2.45) is 16.8 Å². The largest absolute Gasteiger partial charge is 0.409 e. The lowest BCUT2D eigenvalue weighted by Crippen LogP contribution is -2.36. The predicted molar refractivity (Wildman–Crippen MR) is 67.7 cm³/mol. The van der Waals surface area contributed by atoms with Gasteiger partial charge >= 0.3 is 0 Å². The van der Waals surface area contributed by atoms with Crippen LogP contribution >= 0.6 is 11.8 Å². The molecule has 0 spiro atoms. The molecule has 0 aromatic carbocycles. The predicted octanol–water partition coefficient (Wildman–Crippen LogP) is 1.44. The Balaban J connectivity index is 3.87. The zero-order valence-electron chi connectivity index (χ0n) is 9.94. The van der Waals surface area contributed by atoms with E-state index in [-0.39, 0.29) is 5.92 Å². The Morgan fingerprint density at radius 3 is 2.67 bits per heavy atom. The SMILES string of the molecule is CCSCCN(CC)CC(C)C(N)=NO. The summed E-state index contributed by atoms with van der Waals surface area (Å²) in [6.45, 7) is 9.21. The van der Waals surface area contributed by atoms with E-state index in [1.165, 1.54) is 0 Å². The second-order valence-electron chi connectivity index (χ2n) is 3.52. The summed E-state index contributed by atoms with van der Waals surface area (Å²) in [5.74, 6) is 2.73. The van der Waals surface area contributed by atoms with Gasteiger partial charge in [0.15, 0.2) is 0 Å². The van der Waals surface area contributed by atoms with Crippen molar-refractivity contribution in [2.45, 2.75) is 20.8 Å². The highest BCUT2D eigenvalue weighted by molar-refractivity contribution is 7.99. The highest BCUT2D eigenvalue weighted by Gasteiger charge is 2.12. The van der Waals surface area contributed by atoms with Crippen molar-refractivity contribution in [3.8, 4) is 0 Å². The average molecular weight is 233 g/mol. The maximum Gasteiger partial charge on any atom is 0.143 e. The molecule has 1 unspecified atom stereocenters. The summed E-state index contributed by atoms with van der Waals surface area (Å²) < 4.78 is 0. The van der Waals surface area contributed by atoms with Crippen molar-refractivity contribution in [1.82, 2.24) is 4.90 Å². The second-order valence-corrected chi connectivity index (χ2v) is 4.91. The quantitative estimate of drug-likeness (QED) is 0.219. The summed E-state index contributed by atoms with van der Waals surface area (Å²) >= 11 is 1.94. The highest BCUT2D eigenvalue weighted by Crippen LogP contribution is 2.04. The Morgan fingerprint density at radius 1 is 1.53 bits per heavy atom. The van der Waals surface area contributed by atoms with Gasteiger partial charge in [-0.15, -0.1) is 0 Å². The van der Waals surface area contributed by atoms with E-state index in [1.807, 2.05) is 18.7 Å². The van der Waals surface area contributed by atoms with E-state index in [9.17, 15) is 0 Å². The first-order valence-corrected chi connectivity index (χ1v) is 6.58. The van der Waals surface area contributed by atoms with Gasteiger partial charge in [0, 0.05) is 24.8 Å². The third-order valence-corrected chi connectivity index (χ3v) is 3.24. The fraction of sp³-hybridized carbons (Fsp3) is 0.900. The molecule has 0 aromatic heterocycles. The molecule has 0 aliphatic carbocycles. The minimum Gasteiger partial charge on any atom is -0.409 e. The van der Waals surface area contributed by atoms with Gasteiger partial charge in [0.25, 0.3) is 0 Å². The molecule has 3 N–H and O–H groups in total. The lowest BCUT2D eigenvalue weighted by molar-refractivity contribution is 0.278. The third-order valence-electron chi connectivity index (χ3n) is 2.36. The highest BCUT2D eigenvalue weighted by atomic mass is 32.2. The van der Waals surface area contributed by atoms with E-state index in [2.05, 4.69) is 23.9 Å². The monoisotopic (exact) mass is 233 g/mol. The van der Waals surface area contributed by atoms with Crippen molar-refractivity contribution in [2.75, 3.05) is 31.1 Å². The van der Waals surface area contributed by atoms with Crippen LogP contribution in [0.1, 0.15) is 20.8 Å². The van der Waals surface area contributed by atoms with Crippen LogP contribution in [0, 0.1) is 5.92 Å². The minimum absolute atomic E-state index is 0.113. The van der Waals surface area contributed by atoms with Crippen LogP contribution in [-0.4, -0.2) is 47.1 Å². The van der Waals surface area contributed by atoms with Gasteiger partial charge in [-0.3, -0.25) is 0 Å². The molecule has 0 rings (SSSR count). The van der Waals surface area contributed by atoms with E-state index < -0.39 is 0 Å². The minimum atomic E-state index is 0.113. The molecular weight excluding hydrogens is 210 g/mol. The van der Waals surface area contributed by atoms with Crippen LogP contribution in [0.3, 0.4) is 0 Å². The molecule has 15 heavy (non-hydrogen) atoms. The number of rotatable bonds is 8. The van der Waals surface area contributed by atoms with Crippen LogP contribution < -0.4 is 5.73 Å². The Hall–Kier alpha value is -0.420. The lowest BCUT2D eigenvalue weighted by Gasteiger charge is -2.23. The van der Waals surface area contributed by atoms with Gasteiger partial charge in [0.1, 0.15) is 5.84 Å². The fourth-order valence-corrected chi connectivity index (χ4v) is 1.97. The van der Waals surface area contributed by atoms with Crippen LogP contribution in [0.2, 0.25) is 0 Å². The zero-order valence-corrected chi connectivity index (χ0v) is 10.8. The number of hydrogen-bond donors (Lipinski definition) is 2. The Bertz CT molecular complexity index is 188. The summed E-state index contributed by atoms with van der Waals surface area (Å²) in [5, 5.41) is 11.6. The third kappa shape index (κ3) is 6.62. The molecule has 0 bridgehead atoms. The number of amidine groups is 1. The van der Waals surface area contributed by atoms with Crippen LogP contribution in [0.4, 0.5) is 0 Å². The summed E-state index contributed by atoms with van der Waals surface area (Å²) in [5.41, 5.74) is 5.54. The summed E-state index contributed by atoms with van der Waals surface area (Å²) in [6.07, 6.45) is 0. The van der Waals surface area contributed by atoms with Crippen molar-refractivity contribution < 1.29 is 5.21 Å². The molecular formula is C10H23N3OS. The van der Waals surface area contributed by atoms with Crippen molar-refractivity contribution >= 4 is 17.6 Å². The van der Waals surface area contributed by atoms with Gasteiger partial charge in [-0.25, -0.2) is 0 Å². The smallest absolute Gasteiger partial charge is 0.143 e. The number of nitrogens with two attached hydrogens (primary N) is 1. The first kappa shape index (κ1) is 14.6. The van der Waals surface area contributed by atoms with Crippen LogP contribution in [-0.2, 0) is 0 Å². The standard InChI is InChI=1S/C10H23N3OS/c1-4-13(6-7-15-5-2)8-9(3)10(11)12-14/h9,14H,4-8H2,1-3H3,(H2,11,12). The molecule has 0 saturated carbocycles. The van der Waals surface area contributed by atoms with E-state index in [1.54, 1.807) is 0 Å². The molecule has 90 valence electrons. The number of thioether (sulfide) groups is 1. The van der Waals surface area contributed by atoms with E-state index in [4.69, 9.17) is 10.9 Å². The molecule has 0 radical (unpaired) electrons. The molecule has 5 heteroatoms. The second kappa shape index (κ2) is 8.85. The summed E-state index contributed by atoms with van der Waals surface area (Å²) in [7, 11) is 0. The van der Waals surface area contributed by atoms with Gasteiger partial charge in [-0.05, 0) is 12.3 Å². The van der Waals surface area contributed by atoms with Gasteiger partial charge in [0.05, 0.1) is 0 Å². The van der Waals surface area contributed by atoms with E-state index >= 15 is 0 Å². The maximum absolute atomic E-state index is 8.55. The molecule has 0 saturated heterocycles. The van der Waals surface area contributed by atoms with Crippen LogP contribution in [0.25, 0.3) is 0 Å². The normalized spacial score (nSPS) is 14.5. The Morgan fingerprint density at radius 2 is 2.20 bits per heavy atom. The maximum atomic E-state index is 8.55. The van der Waals surface area contributed by atoms with Gasteiger partial charge < -0.3 is 15.8 Å². The summed E-state index contributed by atoms with van der Waals surface area (Å²) in [6, 6.07) is 0. The van der Waals surface area contributed by atoms with Gasteiger partial charge in [-0.1, -0.05) is 25.9 Å². The summed E-state index contributed by atoms with van der Waals surface area (Å²) in [4.78, 5) is 2.32. The number of hydrogen-bond acceptors (Lipinski definition) is 4. The fourth-order valence-electron chi connectivity index (χ4n) is 1.30. The average Bonchev–Trinajstić information content (AvgIpc) is 2.26. The molecule has 0 aliphatic heterocycles. The van der Waals surface area contributed by atoms with Crippen LogP contribution in [0.5, 0.6) is 0 Å². The molecule has 0 fully saturated rings. The van der Waals surface area contributed by atoms with Gasteiger partial charge in [0.2, 0.25) is 0 Å². The zero-order chi connectivity index (χ0) is 11.7. The molecule has 4 nitrogen and oxygen atoms in total. The molecule has 1 atom stereocenters. The Labute approximate surface area is 96.9 Å². The van der Waals surface area contributed by atoms with E-state index in [0.29, 0.717) is 5.84 Å². The topological polar surface area (TPSA) is 61.8 Å². The van der Waals surface area contributed by atoms with Crippen molar-refractivity contribution in [1.29, 1.82) is 0 Å². The van der Waals surface area contributed by atoms with Crippen molar-refractivity contribution in [3.05, 3.63) is 0 Å². The molecule has 0 aromatic rings. The molecule has 0 heterocycles. The Kier molecular flexibility index (Phi) is 8.61. The first-order valence-electron chi connectivity index (χ1n) is 5.43. The lowest BCUT2D eigenvalue weighted by atomic mass is 10.1. The van der Waals surface area contributed by atoms with Crippen molar-refractivity contribution in [3.63, 3.8) is 0 Å². The number of oxime groups is 1. The van der Waals surface area contributed by atoms with Gasteiger partial charge in [-0.2, -0.15) is 11.8 Å². The first-order chi connectivity index (χ1) is 7.15. The number of nitrogens with zero attached hydrogens (tertiary/aromatic N) is 2. The molecule has 0 aliphatic rings.